The molecule has 1 aliphatic carbocycles. The van der Waals surface area contributed by atoms with Crippen LogP contribution in [0.25, 0.3) is 0 Å². The minimum atomic E-state index is -0.332. The number of allylic oxidation sites excluding steroid dienone is 2. The van der Waals surface area contributed by atoms with E-state index >= 15 is 0 Å². The van der Waals surface area contributed by atoms with E-state index < -0.39 is 0 Å². The number of carbonyl (C=O) groups is 2. The topological polar surface area (TPSA) is 43.4 Å². The Morgan fingerprint density at radius 1 is 1.11 bits per heavy atom. The number of benzene rings is 1. The van der Waals surface area contributed by atoms with Crippen LogP contribution in [0.2, 0.25) is 0 Å². The molecule has 0 bridgehead atoms. The molecule has 98 valence electrons. The Balaban J connectivity index is 1.93. The van der Waals surface area contributed by atoms with E-state index in [0.29, 0.717) is 25.0 Å². The molecule has 0 saturated heterocycles. The summed E-state index contributed by atoms with van der Waals surface area (Å²) in [4.78, 5) is 24.0. The van der Waals surface area contributed by atoms with Gasteiger partial charge in [0, 0.05) is 18.4 Å². The third-order valence-electron chi connectivity index (χ3n) is 3.88. The first-order chi connectivity index (χ1) is 9.15. The molecule has 0 N–H and O–H groups in total. The maximum Gasteiger partial charge on any atom is 0.318 e. The first-order valence-corrected chi connectivity index (χ1v) is 6.68. The van der Waals surface area contributed by atoms with Crippen molar-refractivity contribution in [2.75, 3.05) is 0 Å². The van der Waals surface area contributed by atoms with E-state index in [1.165, 1.54) is 0 Å². The van der Waals surface area contributed by atoms with Gasteiger partial charge in [-0.15, -0.1) is 0 Å². The molecule has 1 aromatic rings. The molecule has 3 heteroatoms. The average Bonchev–Trinajstić information content (AvgIpc) is 2.40. The number of esters is 1. The minimum Gasteiger partial charge on any atom is -0.430 e. The second-order valence-electron chi connectivity index (χ2n) is 5.27. The van der Waals surface area contributed by atoms with Gasteiger partial charge in [-0.2, -0.15) is 0 Å². The van der Waals surface area contributed by atoms with E-state index in [-0.39, 0.29) is 17.7 Å². The van der Waals surface area contributed by atoms with Crippen molar-refractivity contribution in [1.82, 2.24) is 0 Å². The van der Waals surface area contributed by atoms with Gasteiger partial charge in [0.05, 0.1) is 5.92 Å². The predicted molar refractivity (Wildman–Crippen MR) is 70.5 cm³/mol. The van der Waals surface area contributed by atoms with Crippen molar-refractivity contribution in [1.29, 1.82) is 0 Å². The number of aryl methyl sites for hydroxylation is 1. The van der Waals surface area contributed by atoms with E-state index in [1.54, 1.807) is 0 Å². The van der Waals surface area contributed by atoms with Crippen LogP contribution in [-0.2, 0) is 14.3 Å². The van der Waals surface area contributed by atoms with Gasteiger partial charge in [-0.25, -0.2) is 0 Å². The minimum absolute atomic E-state index is 0.144. The Kier molecular flexibility index (Phi) is 2.97. The highest BCUT2D eigenvalue weighted by Gasteiger charge is 2.35. The SMILES string of the molecule is Cc1ccc(C2CC3=C(CCCC3=O)OC2=O)cc1. The lowest BCUT2D eigenvalue weighted by Crippen LogP contribution is -2.27. The number of rotatable bonds is 1. The van der Waals surface area contributed by atoms with Crippen molar-refractivity contribution in [3.8, 4) is 0 Å². The number of carbonyl (C=O) groups excluding carboxylic acids is 2. The molecule has 3 nitrogen and oxygen atoms in total. The molecule has 0 radical (unpaired) electrons. The second-order valence-corrected chi connectivity index (χ2v) is 5.27. The fourth-order valence-corrected chi connectivity index (χ4v) is 2.74. The summed E-state index contributed by atoms with van der Waals surface area (Å²) < 4.78 is 5.38. The van der Waals surface area contributed by atoms with Gasteiger partial charge in [-0.1, -0.05) is 29.8 Å². The van der Waals surface area contributed by atoms with Crippen molar-refractivity contribution in [3.63, 3.8) is 0 Å². The Bertz CT molecular complexity index is 566. The lowest BCUT2D eigenvalue weighted by atomic mass is 9.83. The number of hydrogen-bond acceptors (Lipinski definition) is 3. The molecule has 0 saturated carbocycles. The van der Waals surface area contributed by atoms with Crippen LogP contribution >= 0.6 is 0 Å². The zero-order valence-corrected chi connectivity index (χ0v) is 10.9. The van der Waals surface area contributed by atoms with Crippen LogP contribution in [0.3, 0.4) is 0 Å². The summed E-state index contributed by atoms with van der Waals surface area (Å²) >= 11 is 0. The molecule has 3 rings (SSSR count). The van der Waals surface area contributed by atoms with Crippen LogP contribution in [-0.4, -0.2) is 11.8 Å². The van der Waals surface area contributed by atoms with Crippen LogP contribution in [0.1, 0.15) is 42.7 Å². The zero-order chi connectivity index (χ0) is 13.4. The molecule has 2 aliphatic rings. The molecule has 0 spiro atoms. The van der Waals surface area contributed by atoms with Crippen molar-refractivity contribution in [2.45, 2.75) is 38.5 Å². The van der Waals surface area contributed by atoms with Crippen LogP contribution in [0, 0.1) is 6.92 Å². The van der Waals surface area contributed by atoms with Crippen molar-refractivity contribution in [3.05, 3.63) is 46.7 Å². The fraction of sp³-hybridized carbons (Fsp3) is 0.375. The van der Waals surface area contributed by atoms with Gasteiger partial charge in [0.25, 0.3) is 0 Å². The van der Waals surface area contributed by atoms with E-state index in [9.17, 15) is 9.59 Å². The Hall–Kier alpha value is -1.90. The summed E-state index contributed by atoms with van der Waals surface area (Å²) in [5, 5.41) is 0. The van der Waals surface area contributed by atoms with Crippen LogP contribution in [0.4, 0.5) is 0 Å². The lowest BCUT2D eigenvalue weighted by Gasteiger charge is -2.28. The maximum atomic E-state index is 12.1. The number of Topliss-reactive ketones (excluding diaryl/α,β-unsaturated/α-hetero) is 1. The van der Waals surface area contributed by atoms with Gasteiger partial charge < -0.3 is 4.74 Å². The summed E-state index contributed by atoms with van der Waals surface area (Å²) in [5.41, 5.74) is 2.82. The summed E-state index contributed by atoms with van der Waals surface area (Å²) in [6.07, 6.45) is 2.58. The number of hydrogen-bond donors (Lipinski definition) is 0. The van der Waals surface area contributed by atoms with Crippen LogP contribution in [0.5, 0.6) is 0 Å². The van der Waals surface area contributed by atoms with Gasteiger partial charge in [0.2, 0.25) is 0 Å². The summed E-state index contributed by atoms with van der Waals surface area (Å²) in [6.45, 7) is 2.01. The lowest BCUT2D eigenvalue weighted by molar-refractivity contribution is -0.143. The first-order valence-electron chi connectivity index (χ1n) is 6.68. The molecule has 19 heavy (non-hydrogen) atoms. The summed E-state index contributed by atoms with van der Waals surface area (Å²) in [5.74, 6) is 0.203. The third kappa shape index (κ3) is 2.21. The molecular weight excluding hydrogens is 240 g/mol. The normalized spacial score (nSPS) is 23.1. The van der Waals surface area contributed by atoms with Gasteiger partial charge >= 0.3 is 5.97 Å². The Morgan fingerprint density at radius 3 is 2.58 bits per heavy atom. The third-order valence-corrected chi connectivity index (χ3v) is 3.88. The monoisotopic (exact) mass is 256 g/mol. The molecular formula is C16H16O3. The molecule has 1 unspecified atom stereocenters. The van der Waals surface area contributed by atoms with Crippen molar-refractivity contribution in [2.24, 2.45) is 0 Å². The van der Waals surface area contributed by atoms with Crippen LogP contribution < -0.4 is 0 Å². The molecule has 0 fully saturated rings. The fourth-order valence-electron chi connectivity index (χ4n) is 2.74. The van der Waals surface area contributed by atoms with Crippen molar-refractivity contribution >= 4 is 11.8 Å². The first kappa shape index (κ1) is 12.2. The summed E-state index contributed by atoms with van der Waals surface area (Å²) in [7, 11) is 0. The van der Waals surface area contributed by atoms with Crippen LogP contribution in [0.15, 0.2) is 35.6 Å². The summed E-state index contributed by atoms with van der Waals surface area (Å²) in [6, 6.07) is 7.85. The number of ether oxygens (including phenoxy) is 1. The van der Waals surface area contributed by atoms with E-state index in [1.807, 2.05) is 31.2 Å². The molecule has 1 atom stereocenters. The van der Waals surface area contributed by atoms with Gasteiger partial charge in [-0.05, 0) is 25.3 Å². The van der Waals surface area contributed by atoms with E-state index in [0.717, 1.165) is 23.1 Å². The molecule has 1 aliphatic heterocycles. The zero-order valence-electron chi connectivity index (χ0n) is 10.9. The average molecular weight is 256 g/mol. The van der Waals surface area contributed by atoms with Gasteiger partial charge in [0.1, 0.15) is 5.76 Å². The van der Waals surface area contributed by atoms with E-state index in [2.05, 4.69) is 0 Å². The quantitative estimate of drug-likeness (QED) is 0.725. The molecule has 0 aromatic heterocycles. The highest BCUT2D eigenvalue weighted by Crippen LogP contribution is 2.37. The van der Waals surface area contributed by atoms with E-state index in [4.69, 9.17) is 4.74 Å². The molecule has 1 heterocycles. The number of ketones is 1. The smallest absolute Gasteiger partial charge is 0.318 e. The largest absolute Gasteiger partial charge is 0.430 e. The second kappa shape index (κ2) is 4.65. The highest BCUT2D eigenvalue weighted by molar-refractivity contribution is 5.99. The molecule has 0 amide bonds. The Morgan fingerprint density at radius 2 is 1.84 bits per heavy atom. The maximum absolute atomic E-state index is 12.1. The van der Waals surface area contributed by atoms with Crippen molar-refractivity contribution < 1.29 is 14.3 Å². The highest BCUT2D eigenvalue weighted by atomic mass is 16.5. The Labute approximate surface area is 112 Å². The standard InChI is InChI=1S/C16H16O3/c1-10-5-7-11(8-6-10)12-9-13-14(17)3-2-4-15(13)19-16(12)18/h5-8,12H,2-4,9H2,1H3. The van der Waals surface area contributed by atoms with Gasteiger partial charge in [0.15, 0.2) is 5.78 Å². The predicted octanol–water partition coefficient (Wildman–Crippen LogP) is 3.03. The van der Waals surface area contributed by atoms with Gasteiger partial charge in [-0.3, -0.25) is 9.59 Å². The molecule has 1 aromatic carbocycles.